The van der Waals surface area contributed by atoms with Gasteiger partial charge in [0.25, 0.3) is 0 Å². The van der Waals surface area contributed by atoms with E-state index in [1.54, 1.807) is 11.3 Å². The second kappa shape index (κ2) is 7.06. The van der Waals surface area contributed by atoms with Crippen molar-refractivity contribution < 1.29 is 9.47 Å². The molecule has 4 nitrogen and oxygen atoms in total. The molecule has 0 unspecified atom stereocenters. The largest absolute Gasteiger partial charge is 0.454 e. The Morgan fingerprint density at radius 3 is 2.70 bits per heavy atom. The summed E-state index contributed by atoms with van der Waals surface area (Å²) in [6.45, 7) is 6.86. The van der Waals surface area contributed by atoms with Gasteiger partial charge in [-0.1, -0.05) is 44.5 Å². The highest BCUT2D eigenvalue weighted by Gasteiger charge is 2.24. The van der Waals surface area contributed by atoms with Crippen molar-refractivity contribution in [3.63, 3.8) is 0 Å². The number of hydrogen-bond acceptors (Lipinski definition) is 5. The van der Waals surface area contributed by atoms with Crippen LogP contribution in [-0.2, 0) is 11.8 Å². The Hall–Kier alpha value is -2.24. The number of thiazole rings is 1. The van der Waals surface area contributed by atoms with Gasteiger partial charge in [0.05, 0.1) is 5.69 Å². The van der Waals surface area contributed by atoms with E-state index in [1.807, 2.05) is 30.3 Å². The fourth-order valence-electron chi connectivity index (χ4n) is 3.04. The Morgan fingerprint density at radius 2 is 1.93 bits per heavy atom. The van der Waals surface area contributed by atoms with Crippen molar-refractivity contribution >= 4 is 33.8 Å². The minimum absolute atomic E-state index is 0.0452. The van der Waals surface area contributed by atoms with Gasteiger partial charge in [0.2, 0.25) is 6.79 Å². The predicted molar refractivity (Wildman–Crippen MR) is 111 cm³/mol. The van der Waals surface area contributed by atoms with Crippen LogP contribution in [0.3, 0.4) is 0 Å². The lowest BCUT2D eigenvalue weighted by molar-refractivity contribution is 0.174. The molecule has 1 aromatic heterocycles. The zero-order chi connectivity index (χ0) is 19.0. The van der Waals surface area contributed by atoms with Crippen molar-refractivity contribution in [2.75, 3.05) is 12.1 Å². The number of hydrogen-bond donors (Lipinski definition) is 1. The molecule has 0 aliphatic carbocycles. The molecule has 0 spiro atoms. The molecule has 27 heavy (non-hydrogen) atoms. The maximum absolute atomic E-state index is 6.09. The van der Waals surface area contributed by atoms with Crippen molar-refractivity contribution in [3.8, 4) is 11.5 Å². The third-order valence-corrected chi connectivity index (χ3v) is 5.49. The number of fused-ring (bicyclic) bond motifs is 1. The van der Waals surface area contributed by atoms with Gasteiger partial charge in [0.1, 0.15) is 0 Å². The van der Waals surface area contributed by atoms with E-state index >= 15 is 0 Å². The summed E-state index contributed by atoms with van der Waals surface area (Å²) < 4.78 is 10.9. The lowest BCUT2D eigenvalue weighted by atomic mass is 9.90. The Labute approximate surface area is 168 Å². The van der Waals surface area contributed by atoms with Crippen LogP contribution in [0.15, 0.2) is 42.5 Å². The van der Waals surface area contributed by atoms with E-state index in [9.17, 15) is 0 Å². The second-order valence-corrected chi connectivity index (χ2v) is 9.06. The first kappa shape index (κ1) is 18.1. The van der Waals surface area contributed by atoms with Gasteiger partial charge in [-0.05, 0) is 35.9 Å². The molecule has 0 amide bonds. The van der Waals surface area contributed by atoms with E-state index in [1.165, 1.54) is 10.4 Å². The van der Waals surface area contributed by atoms with Crippen LogP contribution in [0.4, 0.5) is 10.8 Å². The first-order chi connectivity index (χ1) is 12.9. The quantitative estimate of drug-likeness (QED) is 0.569. The maximum Gasteiger partial charge on any atom is 0.231 e. The van der Waals surface area contributed by atoms with Gasteiger partial charge >= 0.3 is 0 Å². The zero-order valence-corrected chi connectivity index (χ0v) is 17.1. The lowest BCUT2D eigenvalue weighted by Gasteiger charge is -2.17. The molecule has 140 valence electrons. The molecule has 1 aliphatic rings. The molecule has 4 rings (SSSR count). The number of halogens is 1. The number of nitrogens with zero attached hydrogens (tertiary/aromatic N) is 1. The molecule has 0 saturated heterocycles. The number of rotatable bonds is 4. The molecule has 1 N–H and O–H groups in total. The highest BCUT2D eigenvalue weighted by molar-refractivity contribution is 7.15. The topological polar surface area (TPSA) is 43.4 Å². The highest BCUT2D eigenvalue weighted by Crippen LogP contribution is 2.37. The minimum Gasteiger partial charge on any atom is -0.454 e. The van der Waals surface area contributed by atoms with E-state index < -0.39 is 0 Å². The zero-order valence-electron chi connectivity index (χ0n) is 15.5. The molecule has 2 aromatic carbocycles. The number of nitrogens with one attached hydrogen (secondary N) is 1. The van der Waals surface area contributed by atoms with Gasteiger partial charge in [-0.3, -0.25) is 0 Å². The van der Waals surface area contributed by atoms with Gasteiger partial charge in [-0.25, -0.2) is 4.98 Å². The normalized spacial score (nSPS) is 13.0. The molecule has 0 bridgehead atoms. The summed E-state index contributed by atoms with van der Waals surface area (Å²) in [6, 6.07) is 13.8. The minimum atomic E-state index is -0.0452. The van der Waals surface area contributed by atoms with Crippen LogP contribution in [0.5, 0.6) is 11.5 Å². The van der Waals surface area contributed by atoms with Crippen LogP contribution in [0.2, 0.25) is 5.02 Å². The van der Waals surface area contributed by atoms with E-state index in [0.717, 1.165) is 34.4 Å². The summed E-state index contributed by atoms with van der Waals surface area (Å²) in [4.78, 5) is 6.13. The van der Waals surface area contributed by atoms with Crippen molar-refractivity contribution in [2.24, 2.45) is 0 Å². The van der Waals surface area contributed by atoms with Crippen LogP contribution in [0.25, 0.3) is 0 Å². The monoisotopic (exact) mass is 400 g/mol. The van der Waals surface area contributed by atoms with E-state index in [-0.39, 0.29) is 5.41 Å². The number of benzene rings is 2. The van der Waals surface area contributed by atoms with E-state index in [0.29, 0.717) is 11.8 Å². The summed E-state index contributed by atoms with van der Waals surface area (Å²) in [5, 5.41) is 4.96. The first-order valence-electron chi connectivity index (χ1n) is 8.80. The highest BCUT2D eigenvalue weighted by atomic mass is 35.5. The Bertz CT molecular complexity index is 979. The molecular formula is C21H21ClN2O2S. The first-order valence-corrected chi connectivity index (χ1v) is 9.99. The third-order valence-electron chi connectivity index (χ3n) is 4.29. The average Bonchev–Trinajstić information content (AvgIpc) is 3.21. The summed E-state index contributed by atoms with van der Waals surface area (Å²) in [7, 11) is 0. The molecule has 0 radical (unpaired) electrons. The molecule has 0 atom stereocenters. The standard InChI is InChI=1S/C21H21ClN2O2S/c1-21(2,3)19-18(10-13-7-8-16-17(9-13)26-12-25-16)27-20(24-19)23-15-6-4-5-14(22)11-15/h4-9,11H,10,12H2,1-3H3,(H,23,24). The van der Waals surface area contributed by atoms with Gasteiger partial charge in [-0.2, -0.15) is 0 Å². The van der Waals surface area contributed by atoms with E-state index in [2.05, 4.69) is 38.2 Å². The van der Waals surface area contributed by atoms with Gasteiger partial charge in [0.15, 0.2) is 16.6 Å². The smallest absolute Gasteiger partial charge is 0.231 e. The van der Waals surface area contributed by atoms with Crippen LogP contribution in [0, 0.1) is 0 Å². The van der Waals surface area contributed by atoms with Crippen LogP contribution in [0.1, 0.15) is 36.9 Å². The summed E-state index contributed by atoms with van der Waals surface area (Å²) in [5.41, 5.74) is 3.18. The predicted octanol–water partition coefficient (Wildman–Crippen LogP) is 6.16. The summed E-state index contributed by atoms with van der Waals surface area (Å²) in [6.07, 6.45) is 0.804. The summed E-state index contributed by atoms with van der Waals surface area (Å²) >= 11 is 7.77. The fourth-order valence-corrected chi connectivity index (χ4v) is 4.45. The fraction of sp³-hybridized carbons (Fsp3) is 0.286. The van der Waals surface area contributed by atoms with Crippen LogP contribution in [-0.4, -0.2) is 11.8 Å². The Morgan fingerprint density at radius 1 is 1.11 bits per heavy atom. The molecule has 6 heteroatoms. The number of aromatic nitrogens is 1. The third kappa shape index (κ3) is 4.04. The molecule has 3 aromatic rings. The summed E-state index contributed by atoms with van der Waals surface area (Å²) in [5.74, 6) is 1.62. The average molecular weight is 401 g/mol. The van der Waals surface area contributed by atoms with Gasteiger partial charge in [-0.15, -0.1) is 11.3 Å². The SMILES string of the molecule is CC(C)(C)c1nc(Nc2cccc(Cl)c2)sc1Cc1ccc2c(c1)OCO2. The Balaban J connectivity index is 1.63. The van der Waals surface area contributed by atoms with Gasteiger partial charge < -0.3 is 14.8 Å². The molecule has 0 saturated carbocycles. The number of ether oxygens (including phenoxy) is 2. The van der Waals surface area contributed by atoms with Crippen molar-refractivity contribution in [3.05, 3.63) is 63.6 Å². The second-order valence-electron chi connectivity index (χ2n) is 7.54. The van der Waals surface area contributed by atoms with E-state index in [4.69, 9.17) is 26.1 Å². The molecule has 1 aliphatic heterocycles. The van der Waals surface area contributed by atoms with Crippen molar-refractivity contribution in [1.82, 2.24) is 4.98 Å². The Kier molecular flexibility index (Phi) is 4.74. The molecule has 2 heterocycles. The maximum atomic E-state index is 6.09. The van der Waals surface area contributed by atoms with Gasteiger partial charge in [0, 0.05) is 27.4 Å². The number of anilines is 2. The van der Waals surface area contributed by atoms with Crippen LogP contribution >= 0.6 is 22.9 Å². The molecule has 0 fully saturated rings. The van der Waals surface area contributed by atoms with Crippen LogP contribution < -0.4 is 14.8 Å². The molecular weight excluding hydrogens is 380 g/mol. The lowest BCUT2D eigenvalue weighted by Crippen LogP contribution is -2.14. The van der Waals surface area contributed by atoms with Crippen molar-refractivity contribution in [1.29, 1.82) is 0 Å². The van der Waals surface area contributed by atoms with Crippen molar-refractivity contribution in [2.45, 2.75) is 32.6 Å².